The average Bonchev–Trinajstić information content (AvgIpc) is 2.89. The number of phenols is 1. The summed E-state index contributed by atoms with van der Waals surface area (Å²) in [5, 5.41) is 30.8. The molecule has 6 heteroatoms. The second-order valence-electron chi connectivity index (χ2n) is 5.46. The first-order chi connectivity index (χ1) is 11.4. The van der Waals surface area contributed by atoms with Crippen molar-refractivity contribution in [3.8, 4) is 17.5 Å². The molecule has 2 aromatic carbocycles. The normalized spacial score (nSPS) is 13.6. The Hall–Kier alpha value is -2.11. The van der Waals surface area contributed by atoms with Crippen molar-refractivity contribution < 1.29 is 14.6 Å². The number of halogens is 2. The Kier molecular flexibility index (Phi) is 4.24. The summed E-state index contributed by atoms with van der Waals surface area (Å²) in [4.78, 5) is 0. The van der Waals surface area contributed by atoms with Crippen molar-refractivity contribution in [3.63, 3.8) is 0 Å². The largest absolute Gasteiger partial charge is 0.508 e. The van der Waals surface area contributed by atoms with Crippen molar-refractivity contribution in [2.24, 2.45) is 0 Å². The van der Waals surface area contributed by atoms with Gasteiger partial charge in [0.15, 0.2) is 3.61 Å². The molecule has 4 nitrogen and oxygen atoms in total. The minimum Gasteiger partial charge on any atom is -0.508 e. The van der Waals surface area contributed by atoms with Gasteiger partial charge in [0.25, 0.3) is 0 Å². The van der Waals surface area contributed by atoms with Crippen molar-refractivity contribution in [2.45, 2.75) is 17.0 Å². The van der Waals surface area contributed by atoms with Gasteiger partial charge in [-0.2, -0.15) is 5.26 Å². The zero-order valence-corrected chi connectivity index (χ0v) is 15.0. The predicted molar refractivity (Wildman–Crippen MR) is 97.8 cm³/mol. The van der Waals surface area contributed by atoms with E-state index in [1.165, 1.54) is 24.3 Å². The quantitative estimate of drug-likeness (QED) is 0.474. The summed E-state index contributed by atoms with van der Waals surface area (Å²) in [6, 6.07) is 12.7. The SMILES string of the molecule is CCC(O)(I)c1c(C#N)c2cc(O)ccc2n1-c1ccc(F)cc1. The molecule has 0 saturated carbocycles. The lowest BCUT2D eigenvalue weighted by Gasteiger charge is -2.23. The Morgan fingerprint density at radius 1 is 1.25 bits per heavy atom. The van der Waals surface area contributed by atoms with Crippen LogP contribution in [0.25, 0.3) is 16.6 Å². The summed E-state index contributed by atoms with van der Waals surface area (Å²) in [6.07, 6.45) is 0.381. The number of hydrogen-bond donors (Lipinski definition) is 2. The smallest absolute Gasteiger partial charge is 0.157 e. The molecule has 1 atom stereocenters. The van der Waals surface area contributed by atoms with Gasteiger partial charge in [-0.15, -0.1) is 0 Å². The zero-order valence-electron chi connectivity index (χ0n) is 12.8. The van der Waals surface area contributed by atoms with Crippen molar-refractivity contribution in [1.82, 2.24) is 4.57 Å². The van der Waals surface area contributed by atoms with Crippen LogP contribution in [-0.4, -0.2) is 14.8 Å². The molecular weight excluding hydrogens is 422 g/mol. The standard InChI is InChI=1S/C18H14FIN2O2/c1-2-18(20,24)17-15(10-21)14-9-13(23)7-8-16(14)22(17)12-5-3-11(19)4-6-12/h3-9,23-24H,2H2,1H3. The maximum atomic E-state index is 13.3. The first-order valence-electron chi connectivity index (χ1n) is 7.34. The summed E-state index contributed by atoms with van der Waals surface area (Å²) >= 11 is 1.90. The van der Waals surface area contributed by atoms with E-state index in [1.54, 1.807) is 22.8 Å². The number of hydrogen-bond acceptors (Lipinski definition) is 3. The van der Waals surface area contributed by atoms with E-state index < -0.39 is 3.61 Å². The highest BCUT2D eigenvalue weighted by atomic mass is 127. The van der Waals surface area contributed by atoms with Crippen molar-refractivity contribution in [1.29, 1.82) is 5.26 Å². The van der Waals surface area contributed by atoms with E-state index in [4.69, 9.17) is 0 Å². The van der Waals surface area contributed by atoms with E-state index in [2.05, 4.69) is 6.07 Å². The molecule has 0 spiro atoms. The highest BCUT2D eigenvalue weighted by molar-refractivity contribution is 14.1. The molecule has 1 heterocycles. The number of aliphatic hydroxyl groups is 1. The Bertz CT molecular complexity index is 956. The molecule has 1 aromatic heterocycles. The maximum absolute atomic E-state index is 13.3. The molecule has 0 aliphatic carbocycles. The first-order valence-corrected chi connectivity index (χ1v) is 8.42. The molecule has 24 heavy (non-hydrogen) atoms. The fourth-order valence-electron chi connectivity index (χ4n) is 2.78. The minimum absolute atomic E-state index is 0.0373. The minimum atomic E-state index is -1.29. The molecule has 1 unspecified atom stereocenters. The molecule has 3 rings (SSSR count). The van der Waals surface area contributed by atoms with E-state index in [0.717, 1.165) is 0 Å². The van der Waals surface area contributed by atoms with Gasteiger partial charge >= 0.3 is 0 Å². The second-order valence-corrected chi connectivity index (χ2v) is 7.25. The maximum Gasteiger partial charge on any atom is 0.157 e. The number of alkyl halides is 1. The number of benzene rings is 2. The van der Waals surface area contributed by atoms with Crippen LogP contribution in [0.15, 0.2) is 42.5 Å². The zero-order chi connectivity index (χ0) is 17.5. The fraction of sp³-hybridized carbons (Fsp3) is 0.167. The average molecular weight is 436 g/mol. The number of nitriles is 1. The molecular formula is C18H14FIN2O2. The van der Waals surface area contributed by atoms with Gasteiger partial charge in [-0.3, -0.25) is 0 Å². The Morgan fingerprint density at radius 2 is 1.92 bits per heavy atom. The summed E-state index contributed by atoms with van der Waals surface area (Å²) < 4.78 is 13.7. The van der Waals surface area contributed by atoms with Crippen LogP contribution >= 0.6 is 22.6 Å². The van der Waals surface area contributed by atoms with Crippen LogP contribution in [0.4, 0.5) is 4.39 Å². The highest BCUT2D eigenvalue weighted by Gasteiger charge is 2.33. The highest BCUT2D eigenvalue weighted by Crippen LogP contribution is 2.41. The van der Waals surface area contributed by atoms with Crippen LogP contribution in [0, 0.1) is 17.1 Å². The van der Waals surface area contributed by atoms with Crippen LogP contribution in [0.5, 0.6) is 5.75 Å². The van der Waals surface area contributed by atoms with Gasteiger partial charge in [-0.1, -0.05) is 6.92 Å². The molecule has 0 bridgehead atoms. The Labute approximate surface area is 151 Å². The summed E-state index contributed by atoms with van der Waals surface area (Å²) in [6.45, 7) is 1.82. The summed E-state index contributed by atoms with van der Waals surface area (Å²) in [7, 11) is 0. The number of nitrogens with zero attached hydrogens (tertiary/aromatic N) is 2. The molecule has 0 aliphatic rings. The van der Waals surface area contributed by atoms with Gasteiger partial charge in [0.2, 0.25) is 0 Å². The Balaban J connectivity index is 2.48. The monoisotopic (exact) mass is 436 g/mol. The number of rotatable bonds is 3. The van der Waals surface area contributed by atoms with Gasteiger partial charge < -0.3 is 14.8 Å². The summed E-state index contributed by atoms with van der Waals surface area (Å²) in [5.41, 5.74) is 2.01. The van der Waals surface area contributed by atoms with Gasteiger partial charge in [0.1, 0.15) is 17.6 Å². The lowest BCUT2D eigenvalue weighted by molar-refractivity contribution is 0.146. The van der Waals surface area contributed by atoms with Gasteiger partial charge in [0, 0.05) is 11.1 Å². The second kappa shape index (κ2) is 6.07. The third-order valence-corrected chi connectivity index (χ3v) is 5.25. The summed E-state index contributed by atoms with van der Waals surface area (Å²) in [5.74, 6) is -0.328. The number of aromatic hydroxyl groups is 1. The topological polar surface area (TPSA) is 69.2 Å². The molecule has 3 aromatic rings. The molecule has 0 amide bonds. The Morgan fingerprint density at radius 3 is 2.50 bits per heavy atom. The number of fused-ring (bicyclic) bond motifs is 1. The van der Waals surface area contributed by atoms with E-state index in [-0.39, 0.29) is 11.6 Å². The van der Waals surface area contributed by atoms with Crippen LogP contribution in [0.3, 0.4) is 0 Å². The molecule has 0 radical (unpaired) electrons. The molecule has 122 valence electrons. The third-order valence-electron chi connectivity index (χ3n) is 3.98. The lowest BCUT2D eigenvalue weighted by Crippen LogP contribution is -2.21. The van der Waals surface area contributed by atoms with Crippen molar-refractivity contribution in [2.75, 3.05) is 0 Å². The van der Waals surface area contributed by atoms with E-state index in [1.807, 2.05) is 29.5 Å². The fourth-order valence-corrected chi connectivity index (χ4v) is 3.29. The molecule has 0 fully saturated rings. The lowest BCUT2D eigenvalue weighted by atomic mass is 10.1. The number of phenolic OH excluding ortho intramolecular Hbond substituents is 1. The third kappa shape index (κ3) is 2.64. The van der Waals surface area contributed by atoms with E-state index in [0.29, 0.717) is 34.3 Å². The molecule has 2 N–H and O–H groups in total. The predicted octanol–water partition coefficient (Wildman–Crippen LogP) is 4.34. The van der Waals surface area contributed by atoms with Crippen molar-refractivity contribution in [3.05, 3.63) is 59.5 Å². The van der Waals surface area contributed by atoms with Crippen LogP contribution < -0.4 is 0 Å². The number of aromatic nitrogens is 1. The van der Waals surface area contributed by atoms with E-state index >= 15 is 0 Å². The van der Waals surface area contributed by atoms with E-state index in [9.17, 15) is 19.9 Å². The van der Waals surface area contributed by atoms with Crippen LogP contribution in [0.1, 0.15) is 24.6 Å². The van der Waals surface area contributed by atoms with Crippen molar-refractivity contribution >= 4 is 33.5 Å². The van der Waals surface area contributed by atoms with Gasteiger partial charge in [-0.05, 0) is 71.5 Å². The molecule has 0 aliphatic heterocycles. The van der Waals surface area contributed by atoms with Crippen LogP contribution in [-0.2, 0) is 3.61 Å². The van der Waals surface area contributed by atoms with Gasteiger partial charge in [-0.25, -0.2) is 4.39 Å². The first kappa shape index (κ1) is 16.7. The van der Waals surface area contributed by atoms with Crippen LogP contribution in [0.2, 0.25) is 0 Å². The van der Waals surface area contributed by atoms with Gasteiger partial charge in [0.05, 0.1) is 16.8 Å². The molecule has 0 saturated heterocycles.